The molecule has 2 aromatic rings. The van der Waals surface area contributed by atoms with E-state index in [1.54, 1.807) is 28.8 Å². The number of halogens is 1. The van der Waals surface area contributed by atoms with Crippen LogP contribution in [0.15, 0.2) is 42.1 Å². The molecule has 1 aliphatic heterocycles. The molecule has 2 amide bonds. The van der Waals surface area contributed by atoms with Crippen LogP contribution in [0, 0.1) is 11.7 Å². The Morgan fingerprint density at radius 1 is 1.12 bits per heavy atom. The van der Waals surface area contributed by atoms with E-state index in [1.807, 2.05) is 4.90 Å². The normalized spacial score (nSPS) is 17.5. The van der Waals surface area contributed by atoms with Crippen LogP contribution in [-0.4, -0.2) is 56.4 Å². The third kappa shape index (κ3) is 5.87. The third-order valence-electron chi connectivity index (χ3n) is 6.60. The Bertz CT molecular complexity index is 1010. The van der Waals surface area contributed by atoms with Crippen LogP contribution in [0.3, 0.4) is 0 Å². The van der Waals surface area contributed by atoms with Crippen molar-refractivity contribution in [2.45, 2.75) is 62.7 Å². The number of hydrogen-bond donors (Lipinski definition) is 1. The lowest BCUT2D eigenvalue weighted by Gasteiger charge is -2.35. The molecule has 0 atom stereocenters. The summed E-state index contributed by atoms with van der Waals surface area (Å²) in [6, 6.07) is 6.49. The van der Waals surface area contributed by atoms with E-state index in [9.17, 15) is 14.0 Å². The molecule has 182 valence electrons. The van der Waals surface area contributed by atoms with Gasteiger partial charge in [-0.1, -0.05) is 49.2 Å². The summed E-state index contributed by atoms with van der Waals surface area (Å²) >= 11 is 1.27. The molecule has 4 rings (SSSR count). The van der Waals surface area contributed by atoms with Crippen LogP contribution in [-0.2, 0) is 16.1 Å². The highest BCUT2D eigenvalue weighted by molar-refractivity contribution is 7.99. The molecule has 1 aliphatic carbocycles. The Balaban J connectivity index is 1.28. The number of thioether (sulfide) groups is 1. The number of rotatable bonds is 8. The highest BCUT2D eigenvalue weighted by Crippen LogP contribution is 2.28. The molecule has 0 unspecified atom stereocenters. The molecule has 9 heteroatoms. The van der Waals surface area contributed by atoms with Gasteiger partial charge in [-0.2, -0.15) is 0 Å². The Morgan fingerprint density at radius 2 is 1.85 bits per heavy atom. The largest absolute Gasteiger partial charge is 0.353 e. The summed E-state index contributed by atoms with van der Waals surface area (Å²) in [5.41, 5.74) is 0.364. The second-order valence-electron chi connectivity index (χ2n) is 8.98. The zero-order chi connectivity index (χ0) is 23.9. The van der Waals surface area contributed by atoms with E-state index in [-0.39, 0.29) is 29.4 Å². The molecule has 0 spiro atoms. The average Bonchev–Trinajstić information content (AvgIpc) is 3.26. The van der Waals surface area contributed by atoms with Gasteiger partial charge in [-0.05, 0) is 37.8 Å². The third-order valence-corrected chi connectivity index (χ3v) is 7.57. The first-order chi connectivity index (χ1) is 16.6. The van der Waals surface area contributed by atoms with E-state index < -0.39 is 0 Å². The van der Waals surface area contributed by atoms with Crippen molar-refractivity contribution in [3.63, 3.8) is 0 Å². The van der Waals surface area contributed by atoms with Gasteiger partial charge in [-0.25, -0.2) is 4.39 Å². The van der Waals surface area contributed by atoms with Gasteiger partial charge in [0, 0.05) is 31.6 Å². The van der Waals surface area contributed by atoms with Crippen molar-refractivity contribution in [3.05, 3.63) is 42.7 Å². The molecule has 34 heavy (non-hydrogen) atoms. The maximum Gasteiger partial charge on any atom is 0.230 e. The molecule has 1 aromatic carbocycles. The minimum Gasteiger partial charge on any atom is -0.353 e. The predicted molar refractivity (Wildman–Crippen MR) is 131 cm³/mol. The molecule has 1 N–H and O–H groups in total. The van der Waals surface area contributed by atoms with E-state index in [1.165, 1.54) is 24.2 Å². The van der Waals surface area contributed by atoms with E-state index in [0.29, 0.717) is 42.1 Å². The molecule has 1 aromatic heterocycles. The molecule has 0 radical (unpaired) electrons. The summed E-state index contributed by atoms with van der Waals surface area (Å²) in [5.74, 6) is 0.639. The van der Waals surface area contributed by atoms with E-state index in [4.69, 9.17) is 0 Å². The van der Waals surface area contributed by atoms with Gasteiger partial charge in [0.15, 0.2) is 11.0 Å². The SMILES string of the molecule is C=CCn1c(SCC(=O)NC2CCN(C(=O)C3CCCCC3)CC2)nnc1-c1ccccc1F. The number of carbonyl (C=O) groups is 2. The Hall–Kier alpha value is -2.68. The van der Waals surface area contributed by atoms with Gasteiger partial charge in [-0.3, -0.25) is 14.2 Å². The molecule has 0 bridgehead atoms. The Morgan fingerprint density at radius 3 is 2.56 bits per heavy atom. The lowest BCUT2D eigenvalue weighted by Crippen LogP contribution is -2.48. The number of hydrogen-bond acceptors (Lipinski definition) is 5. The molecule has 2 aliphatic rings. The van der Waals surface area contributed by atoms with E-state index in [2.05, 4.69) is 22.1 Å². The van der Waals surface area contributed by atoms with Gasteiger partial charge in [0.05, 0.1) is 11.3 Å². The number of nitrogens with zero attached hydrogens (tertiary/aromatic N) is 4. The highest BCUT2D eigenvalue weighted by atomic mass is 32.2. The van der Waals surface area contributed by atoms with Gasteiger partial charge in [0.1, 0.15) is 5.82 Å². The van der Waals surface area contributed by atoms with Gasteiger partial charge in [0.2, 0.25) is 11.8 Å². The number of amides is 2. The van der Waals surface area contributed by atoms with Crippen LogP contribution in [0.2, 0.25) is 0 Å². The van der Waals surface area contributed by atoms with Crippen LogP contribution in [0.25, 0.3) is 11.4 Å². The summed E-state index contributed by atoms with van der Waals surface area (Å²) in [4.78, 5) is 27.3. The molecule has 1 saturated carbocycles. The van der Waals surface area contributed by atoms with Crippen molar-refractivity contribution in [1.82, 2.24) is 25.0 Å². The lowest BCUT2D eigenvalue weighted by molar-refractivity contribution is -0.137. The average molecular weight is 486 g/mol. The monoisotopic (exact) mass is 485 g/mol. The van der Waals surface area contributed by atoms with Gasteiger partial charge in [0.25, 0.3) is 0 Å². The molecule has 2 heterocycles. The smallest absolute Gasteiger partial charge is 0.230 e. The van der Waals surface area contributed by atoms with Gasteiger partial charge in [-0.15, -0.1) is 16.8 Å². The Labute approximate surface area is 204 Å². The van der Waals surface area contributed by atoms with Crippen LogP contribution in [0.5, 0.6) is 0 Å². The molecular weight excluding hydrogens is 453 g/mol. The second kappa shape index (κ2) is 11.6. The minimum absolute atomic E-state index is 0.0727. The van der Waals surface area contributed by atoms with Crippen LogP contribution < -0.4 is 5.32 Å². The molecule has 2 fully saturated rings. The molecular formula is C25H32FN5O2S. The van der Waals surface area contributed by atoms with Crippen molar-refractivity contribution < 1.29 is 14.0 Å². The van der Waals surface area contributed by atoms with Crippen molar-refractivity contribution >= 4 is 23.6 Å². The zero-order valence-corrected chi connectivity index (χ0v) is 20.2. The van der Waals surface area contributed by atoms with E-state index >= 15 is 0 Å². The van der Waals surface area contributed by atoms with Crippen molar-refractivity contribution in [2.24, 2.45) is 5.92 Å². The maximum absolute atomic E-state index is 14.3. The molecule has 1 saturated heterocycles. The lowest BCUT2D eigenvalue weighted by atomic mass is 9.87. The summed E-state index contributed by atoms with van der Waals surface area (Å²) in [5, 5.41) is 12.0. The fourth-order valence-electron chi connectivity index (χ4n) is 4.78. The second-order valence-corrected chi connectivity index (χ2v) is 9.92. The number of allylic oxidation sites excluding steroid dienone is 1. The number of piperidine rings is 1. The van der Waals surface area contributed by atoms with Crippen molar-refractivity contribution in [3.8, 4) is 11.4 Å². The first-order valence-electron chi connectivity index (χ1n) is 12.1. The quantitative estimate of drug-likeness (QED) is 0.451. The van der Waals surface area contributed by atoms with Gasteiger partial charge < -0.3 is 10.2 Å². The van der Waals surface area contributed by atoms with Crippen molar-refractivity contribution in [1.29, 1.82) is 0 Å². The first kappa shape index (κ1) is 24.4. The highest BCUT2D eigenvalue weighted by Gasteiger charge is 2.29. The summed E-state index contributed by atoms with van der Waals surface area (Å²) < 4.78 is 16.0. The fourth-order valence-corrected chi connectivity index (χ4v) is 5.54. The van der Waals surface area contributed by atoms with Crippen LogP contribution in [0.4, 0.5) is 4.39 Å². The number of benzene rings is 1. The predicted octanol–water partition coefficient (Wildman–Crippen LogP) is 4.05. The fraction of sp³-hybridized carbons (Fsp3) is 0.520. The standard InChI is InChI=1S/C25H32FN5O2S/c1-2-14-31-23(20-10-6-7-11-21(20)26)28-29-25(31)34-17-22(32)27-19-12-15-30(16-13-19)24(33)18-8-4-3-5-9-18/h2,6-7,10-11,18-19H,1,3-5,8-9,12-17H2,(H,27,32). The summed E-state index contributed by atoms with van der Waals surface area (Å²) in [6.45, 7) is 5.58. The van der Waals surface area contributed by atoms with Crippen LogP contribution in [0.1, 0.15) is 44.9 Å². The van der Waals surface area contributed by atoms with E-state index in [0.717, 1.165) is 38.5 Å². The van der Waals surface area contributed by atoms with Gasteiger partial charge >= 0.3 is 0 Å². The summed E-state index contributed by atoms with van der Waals surface area (Å²) in [7, 11) is 0. The Kier molecular flexibility index (Phi) is 8.37. The van der Waals surface area contributed by atoms with Crippen molar-refractivity contribution in [2.75, 3.05) is 18.8 Å². The summed E-state index contributed by atoms with van der Waals surface area (Å²) in [6.07, 6.45) is 8.83. The zero-order valence-electron chi connectivity index (χ0n) is 19.4. The first-order valence-corrected chi connectivity index (χ1v) is 13.1. The molecule has 7 nitrogen and oxygen atoms in total. The maximum atomic E-state index is 14.3. The number of carbonyl (C=O) groups excluding carboxylic acids is 2. The van der Waals surface area contributed by atoms with Crippen LogP contribution >= 0.6 is 11.8 Å². The topological polar surface area (TPSA) is 80.1 Å². The number of likely N-dealkylation sites (tertiary alicyclic amines) is 1. The minimum atomic E-state index is -0.372. The number of nitrogens with one attached hydrogen (secondary N) is 1. The number of aromatic nitrogens is 3.